The largest absolute Gasteiger partial charge is 0.493 e. The molecule has 0 amide bonds. The van der Waals surface area contributed by atoms with E-state index in [4.69, 9.17) is 15.2 Å². The normalized spacial score (nSPS) is 11.2. The first-order chi connectivity index (χ1) is 9.87. The Morgan fingerprint density at radius 2 is 1.86 bits per heavy atom. The Kier molecular flexibility index (Phi) is 4.24. The van der Waals surface area contributed by atoms with Crippen molar-refractivity contribution in [1.29, 1.82) is 0 Å². The fourth-order valence-electron chi connectivity index (χ4n) is 1.64. The van der Waals surface area contributed by atoms with E-state index in [9.17, 15) is 8.42 Å². The van der Waals surface area contributed by atoms with Gasteiger partial charge in [0.05, 0.1) is 36.8 Å². The van der Waals surface area contributed by atoms with Gasteiger partial charge in [0.2, 0.25) is 0 Å². The van der Waals surface area contributed by atoms with Gasteiger partial charge in [-0.25, -0.2) is 13.4 Å². The smallest absolute Gasteiger partial charge is 0.273 e. The standard InChI is InChI=1S/C12H15N3O4S2/c1-7-14-6-12(20-7)21(16,17)15-9-5-11(19-3)10(18-2)4-8(9)13/h4-6,15H,13H2,1-3H3. The summed E-state index contributed by atoms with van der Waals surface area (Å²) in [6.07, 6.45) is 1.30. The number of methoxy groups -OCH3 is 2. The highest BCUT2D eigenvalue weighted by molar-refractivity contribution is 7.94. The van der Waals surface area contributed by atoms with Crippen molar-refractivity contribution in [3.05, 3.63) is 23.3 Å². The van der Waals surface area contributed by atoms with Crippen LogP contribution in [0.4, 0.5) is 11.4 Å². The monoisotopic (exact) mass is 329 g/mol. The van der Waals surface area contributed by atoms with E-state index in [1.54, 1.807) is 6.92 Å². The Labute approximate surface area is 126 Å². The van der Waals surface area contributed by atoms with Gasteiger partial charge >= 0.3 is 0 Å². The first kappa shape index (κ1) is 15.4. The van der Waals surface area contributed by atoms with Crippen LogP contribution < -0.4 is 19.9 Å². The number of rotatable bonds is 5. The van der Waals surface area contributed by atoms with Crippen LogP contribution in [-0.4, -0.2) is 27.6 Å². The number of ether oxygens (including phenoxy) is 2. The highest BCUT2D eigenvalue weighted by Gasteiger charge is 2.20. The molecule has 21 heavy (non-hydrogen) atoms. The maximum atomic E-state index is 12.3. The number of nitrogens with one attached hydrogen (secondary N) is 1. The Hall–Kier alpha value is -2.00. The number of aryl methyl sites for hydroxylation is 1. The summed E-state index contributed by atoms with van der Waals surface area (Å²) in [5.74, 6) is 0.802. The fourth-order valence-corrected chi connectivity index (χ4v) is 3.83. The summed E-state index contributed by atoms with van der Waals surface area (Å²) in [7, 11) is -0.799. The molecule has 114 valence electrons. The minimum atomic E-state index is -3.73. The van der Waals surface area contributed by atoms with Gasteiger partial charge in [-0.3, -0.25) is 4.72 Å². The van der Waals surface area contributed by atoms with Crippen LogP contribution in [0.3, 0.4) is 0 Å². The minimum absolute atomic E-state index is 0.120. The molecule has 0 aliphatic heterocycles. The first-order valence-corrected chi connectivity index (χ1v) is 8.14. The van der Waals surface area contributed by atoms with E-state index in [2.05, 4.69) is 9.71 Å². The zero-order valence-electron chi connectivity index (χ0n) is 11.7. The Morgan fingerprint density at radius 1 is 1.24 bits per heavy atom. The maximum Gasteiger partial charge on any atom is 0.273 e. The molecule has 0 aliphatic rings. The molecule has 1 heterocycles. The van der Waals surface area contributed by atoms with Gasteiger partial charge in [-0.05, 0) is 6.92 Å². The Balaban J connectivity index is 2.39. The highest BCUT2D eigenvalue weighted by Crippen LogP contribution is 2.36. The van der Waals surface area contributed by atoms with Crippen LogP contribution >= 0.6 is 11.3 Å². The second-order valence-electron chi connectivity index (χ2n) is 4.10. The van der Waals surface area contributed by atoms with Crippen molar-refractivity contribution in [2.75, 3.05) is 24.7 Å². The van der Waals surface area contributed by atoms with E-state index in [0.717, 1.165) is 11.3 Å². The molecule has 1 aromatic heterocycles. The number of nitrogens with zero attached hydrogens (tertiary/aromatic N) is 1. The van der Waals surface area contributed by atoms with Gasteiger partial charge in [-0.1, -0.05) is 0 Å². The molecule has 9 heteroatoms. The molecule has 0 bridgehead atoms. The number of hydrogen-bond donors (Lipinski definition) is 2. The van der Waals surface area contributed by atoms with Crippen molar-refractivity contribution in [3.63, 3.8) is 0 Å². The number of aromatic nitrogens is 1. The van der Waals surface area contributed by atoms with E-state index < -0.39 is 10.0 Å². The third-order valence-electron chi connectivity index (χ3n) is 2.66. The average Bonchev–Trinajstić information content (AvgIpc) is 2.88. The molecule has 0 fully saturated rings. The van der Waals surface area contributed by atoms with Crippen molar-refractivity contribution in [2.24, 2.45) is 0 Å². The number of thiazole rings is 1. The molecular weight excluding hydrogens is 314 g/mol. The van der Waals surface area contributed by atoms with E-state index in [1.165, 1.54) is 32.5 Å². The molecule has 2 rings (SSSR count). The minimum Gasteiger partial charge on any atom is -0.493 e. The van der Waals surface area contributed by atoms with Crippen LogP contribution in [0, 0.1) is 6.92 Å². The van der Waals surface area contributed by atoms with Gasteiger partial charge in [0.25, 0.3) is 10.0 Å². The molecule has 0 aliphatic carbocycles. The van der Waals surface area contributed by atoms with Crippen LogP contribution in [0.5, 0.6) is 11.5 Å². The summed E-state index contributed by atoms with van der Waals surface area (Å²) < 4.78 is 37.3. The van der Waals surface area contributed by atoms with Crippen LogP contribution in [0.2, 0.25) is 0 Å². The van der Waals surface area contributed by atoms with Crippen molar-refractivity contribution < 1.29 is 17.9 Å². The third kappa shape index (κ3) is 3.19. The highest BCUT2D eigenvalue weighted by atomic mass is 32.2. The van der Waals surface area contributed by atoms with Gasteiger partial charge < -0.3 is 15.2 Å². The molecule has 7 nitrogen and oxygen atoms in total. The summed E-state index contributed by atoms with van der Waals surface area (Å²) in [6, 6.07) is 2.97. The second-order valence-corrected chi connectivity index (χ2v) is 7.24. The number of hydrogen-bond acceptors (Lipinski definition) is 7. The summed E-state index contributed by atoms with van der Waals surface area (Å²) in [5, 5.41) is 0.663. The van der Waals surface area contributed by atoms with E-state index in [-0.39, 0.29) is 15.6 Å². The number of nitrogen functional groups attached to an aromatic ring is 1. The lowest BCUT2D eigenvalue weighted by atomic mass is 10.2. The topological polar surface area (TPSA) is 104 Å². The van der Waals surface area contributed by atoms with Crippen molar-refractivity contribution in [2.45, 2.75) is 11.1 Å². The molecule has 0 radical (unpaired) electrons. The molecule has 0 saturated heterocycles. The van der Waals surface area contributed by atoms with Gasteiger partial charge in [-0.15, -0.1) is 11.3 Å². The molecule has 2 aromatic rings. The molecule has 1 aromatic carbocycles. The lowest BCUT2D eigenvalue weighted by molar-refractivity contribution is 0.355. The van der Waals surface area contributed by atoms with Gasteiger partial charge in [0, 0.05) is 12.1 Å². The quantitative estimate of drug-likeness (QED) is 0.811. The molecule has 0 saturated carbocycles. The third-order valence-corrected chi connectivity index (χ3v) is 5.40. The lowest BCUT2D eigenvalue weighted by Crippen LogP contribution is -2.13. The first-order valence-electron chi connectivity index (χ1n) is 5.84. The Morgan fingerprint density at radius 3 is 2.38 bits per heavy atom. The SMILES string of the molecule is COc1cc(N)c(NS(=O)(=O)c2cnc(C)s2)cc1OC. The van der Waals surface area contributed by atoms with Crippen molar-refractivity contribution in [3.8, 4) is 11.5 Å². The number of benzene rings is 1. The van der Waals surface area contributed by atoms with Crippen LogP contribution in [0.15, 0.2) is 22.5 Å². The van der Waals surface area contributed by atoms with Crippen molar-refractivity contribution in [1.82, 2.24) is 4.98 Å². The van der Waals surface area contributed by atoms with E-state index in [1.807, 2.05) is 0 Å². The number of nitrogens with two attached hydrogens (primary N) is 1. The zero-order valence-corrected chi connectivity index (χ0v) is 13.3. The lowest BCUT2D eigenvalue weighted by Gasteiger charge is -2.13. The maximum absolute atomic E-state index is 12.3. The van der Waals surface area contributed by atoms with E-state index in [0.29, 0.717) is 16.5 Å². The second kappa shape index (κ2) is 5.78. The molecule has 3 N–H and O–H groups in total. The number of anilines is 2. The number of sulfonamides is 1. The summed E-state index contributed by atoms with van der Waals surface area (Å²) in [5.41, 5.74) is 6.29. The molecular formula is C12H15N3O4S2. The van der Waals surface area contributed by atoms with Crippen LogP contribution in [-0.2, 0) is 10.0 Å². The predicted molar refractivity (Wildman–Crippen MR) is 81.6 cm³/mol. The average molecular weight is 329 g/mol. The molecule has 0 unspecified atom stereocenters. The van der Waals surface area contributed by atoms with Crippen molar-refractivity contribution >= 4 is 32.7 Å². The van der Waals surface area contributed by atoms with Gasteiger partial charge in [0.1, 0.15) is 0 Å². The zero-order chi connectivity index (χ0) is 15.6. The van der Waals surface area contributed by atoms with Gasteiger partial charge in [-0.2, -0.15) is 0 Å². The fraction of sp³-hybridized carbons (Fsp3) is 0.250. The predicted octanol–water partition coefficient (Wildman–Crippen LogP) is 1.85. The molecule has 0 atom stereocenters. The summed E-state index contributed by atoms with van der Waals surface area (Å²) in [4.78, 5) is 3.93. The Bertz CT molecular complexity index is 756. The molecule has 0 spiro atoms. The van der Waals surface area contributed by atoms with Crippen LogP contribution in [0.25, 0.3) is 0 Å². The summed E-state index contributed by atoms with van der Waals surface area (Å²) in [6.45, 7) is 1.73. The van der Waals surface area contributed by atoms with Gasteiger partial charge in [0.15, 0.2) is 15.7 Å². The summed E-state index contributed by atoms with van der Waals surface area (Å²) >= 11 is 1.08. The van der Waals surface area contributed by atoms with E-state index >= 15 is 0 Å². The van der Waals surface area contributed by atoms with Crippen LogP contribution in [0.1, 0.15) is 5.01 Å².